The highest BCUT2D eigenvalue weighted by molar-refractivity contribution is 6.02. The van der Waals surface area contributed by atoms with Crippen LogP contribution in [0.1, 0.15) is 25.7 Å². The molecule has 0 aromatic heterocycles. The van der Waals surface area contributed by atoms with Gasteiger partial charge in [0.05, 0.1) is 6.08 Å². The molecule has 0 aromatic carbocycles. The van der Waals surface area contributed by atoms with Crippen LogP contribution in [0.5, 0.6) is 0 Å². The zero-order valence-electron chi connectivity index (χ0n) is 10.2. The Bertz CT molecular complexity index is 493. The number of carbonyl (C=O) groups excluding carboxylic acids is 5. The van der Waals surface area contributed by atoms with Crippen molar-refractivity contribution < 1.29 is 33.6 Å². The second-order valence-corrected chi connectivity index (χ2v) is 3.98. The van der Waals surface area contributed by atoms with Crippen molar-refractivity contribution in [3.05, 3.63) is 12.3 Å². The van der Waals surface area contributed by atoms with Gasteiger partial charge in [-0.2, -0.15) is 0 Å². The number of imide groups is 2. The van der Waals surface area contributed by atoms with Gasteiger partial charge in [-0.1, -0.05) is 0 Å². The van der Waals surface area contributed by atoms with Crippen LogP contribution in [0.3, 0.4) is 0 Å². The van der Waals surface area contributed by atoms with E-state index in [1.807, 2.05) is 0 Å². The Morgan fingerprint density at radius 3 is 1.80 bits per heavy atom. The van der Waals surface area contributed by atoms with E-state index in [0.29, 0.717) is 10.1 Å². The molecule has 2 aliphatic heterocycles. The van der Waals surface area contributed by atoms with Gasteiger partial charge in [0.1, 0.15) is 6.26 Å². The summed E-state index contributed by atoms with van der Waals surface area (Å²) in [5, 5.41) is 0.898. The molecule has 2 aliphatic rings. The smallest absolute Gasteiger partial charge is 0.359 e. The van der Waals surface area contributed by atoms with Gasteiger partial charge in [0.15, 0.2) is 0 Å². The van der Waals surface area contributed by atoms with Gasteiger partial charge in [0, 0.05) is 25.7 Å². The third-order valence-corrected chi connectivity index (χ3v) is 2.56. The number of amides is 4. The molecule has 0 aliphatic carbocycles. The van der Waals surface area contributed by atoms with E-state index in [1.165, 1.54) is 0 Å². The van der Waals surface area contributed by atoms with E-state index in [9.17, 15) is 24.0 Å². The summed E-state index contributed by atoms with van der Waals surface area (Å²) >= 11 is 0. The normalized spacial score (nSPS) is 19.4. The maximum Gasteiger partial charge on any atom is 0.359 e. The number of hydrogen-bond acceptors (Lipinski definition) is 7. The van der Waals surface area contributed by atoms with E-state index in [-0.39, 0.29) is 25.7 Å². The van der Waals surface area contributed by atoms with Gasteiger partial charge in [-0.15, -0.1) is 10.1 Å². The number of nitrogens with zero attached hydrogens (tertiary/aromatic N) is 2. The monoisotopic (exact) mass is 282 g/mol. The molecule has 0 spiro atoms. The van der Waals surface area contributed by atoms with E-state index >= 15 is 0 Å². The quantitative estimate of drug-likeness (QED) is 0.376. The summed E-state index contributed by atoms with van der Waals surface area (Å²) in [5.41, 5.74) is 0. The van der Waals surface area contributed by atoms with E-state index in [4.69, 9.17) is 0 Å². The number of rotatable bonds is 4. The molecule has 2 saturated heterocycles. The lowest BCUT2D eigenvalue weighted by molar-refractivity contribution is -0.194. The van der Waals surface area contributed by atoms with Crippen molar-refractivity contribution in [2.75, 3.05) is 0 Å². The molecule has 2 fully saturated rings. The van der Waals surface area contributed by atoms with Crippen molar-refractivity contribution in [3.8, 4) is 0 Å². The van der Waals surface area contributed by atoms with E-state index in [1.54, 1.807) is 0 Å². The standard InChI is InChI=1S/C11H10N2O7/c14-7-1-2-8(15)12(7)19-6-5-11(18)20-13-9(16)3-4-10(13)17/h5-6H,1-4H2/b6-5+. The topological polar surface area (TPSA) is 110 Å². The van der Waals surface area contributed by atoms with Gasteiger partial charge in [-0.3, -0.25) is 19.2 Å². The van der Waals surface area contributed by atoms with Crippen LogP contribution in [-0.4, -0.2) is 39.7 Å². The third kappa shape index (κ3) is 2.82. The highest BCUT2D eigenvalue weighted by Gasteiger charge is 2.33. The summed E-state index contributed by atoms with van der Waals surface area (Å²) in [6.07, 6.45) is 1.60. The van der Waals surface area contributed by atoms with Crippen LogP contribution in [0, 0.1) is 0 Å². The molecular formula is C11H10N2O7. The molecule has 106 valence electrons. The summed E-state index contributed by atoms with van der Waals surface area (Å²) in [5.74, 6) is -3.28. The number of hydrogen-bond donors (Lipinski definition) is 0. The van der Waals surface area contributed by atoms with Crippen molar-refractivity contribution in [2.24, 2.45) is 0 Å². The Morgan fingerprint density at radius 1 is 0.850 bits per heavy atom. The van der Waals surface area contributed by atoms with E-state index in [2.05, 4.69) is 9.68 Å². The molecule has 9 heteroatoms. The van der Waals surface area contributed by atoms with Crippen LogP contribution in [-0.2, 0) is 33.6 Å². The Kier molecular flexibility index (Phi) is 3.78. The molecule has 0 atom stereocenters. The molecule has 0 unspecified atom stereocenters. The van der Waals surface area contributed by atoms with Gasteiger partial charge in [-0.05, 0) is 0 Å². The fraction of sp³-hybridized carbons (Fsp3) is 0.364. The Balaban J connectivity index is 1.84. The van der Waals surface area contributed by atoms with Crippen LogP contribution >= 0.6 is 0 Å². The molecule has 0 saturated carbocycles. The predicted octanol–water partition coefficient (Wildman–Crippen LogP) is -0.812. The Morgan fingerprint density at radius 2 is 1.30 bits per heavy atom. The summed E-state index contributed by atoms with van der Waals surface area (Å²) in [6.45, 7) is 0. The maximum atomic E-state index is 11.3. The third-order valence-electron chi connectivity index (χ3n) is 2.56. The molecule has 2 heterocycles. The lowest BCUT2D eigenvalue weighted by atomic mass is 10.4. The minimum absolute atomic E-state index is 0.0108. The zero-order chi connectivity index (χ0) is 14.7. The summed E-state index contributed by atoms with van der Waals surface area (Å²) in [7, 11) is 0. The molecule has 2 rings (SSSR count). The van der Waals surface area contributed by atoms with Crippen LogP contribution in [0.25, 0.3) is 0 Å². The second kappa shape index (κ2) is 5.51. The minimum Gasteiger partial charge on any atom is -0.377 e. The van der Waals surface area contributed by atoms with Crippen molar-refractivity contribution in [2.45, 2.75) is 25.7 Å². The van der Waals surface area contributed by atoms with Crippen LogP contribution < -0.4 is 0 Å². The second-order valence-electron chi connectivity index (χ2n) is 3.98. The SMILES string of the molecule is O=C(/C=C/ON1C(=O)CCC1=O)ON1C(=O)CCC1=O. The van der Waals surface area contributed by atoms with E-state index < -0.39 is 29.6 Å². The van der Waals surface area contributed by atoms with Crippen LogP contribution in [0.4, 0.5) is 0 Å². The van der Waals surface area contributed by atoms with Crippen LogP contribution in [0.2, 0.25) is 0 Å². The fourth-order valence-corrected chi connectivity index (χ4v) is 1.60. The van der Waals surface area contributed by atoms with Crippen molar-refractivity contribution in [3.63, 3.8) is 0 Å². The summed E-state index contributed by atoms with van der Waals surface area (Å²) in [6, 6.07) is 0. The zero-order valence-corrected chi connectivity index (χ0v) is 10.2. The largest absolute Gasteiger partial charge is 0.377 e. The minimum atomic E-state index is -1.03. The predicted molar refractivity (Wildman–Crippen MR) is 58.5 cm³/mol. The van der Waals surface area contributed by atoms with Gasteiger partial charge in [-0.25, -0.2) is 4.79 Å². The highest BCUT2D eigenvalue weighted by Crippen LogP contribution is 2.13. The number of carbonyl (C=O) groups is 5. The molecule has 20 heavy (non-hydrogen) atoms. The van der Waals surface area contributed by atoms with Crippen molar-refractivity contribution >= 4 is 29.6 Å². The lowest BCUT2D eigenvalue weighted by Crippen LogP contribution is -2.31. The molecule has 9 nitrogen and oxygen atoms in total. The average molecular weight is 282 g/mol. The lowest BCUT2D eigenvalue weighted by Gasteiger charge is -2.11. The average Bonchev–Trinajstić information content (AvgIpc) is 2.88. The van der Waals surface area contributed by atoms with Crippen molar-refractivity contribution in [1.82, 2.24) is 10.1 Å². The van der Waals surface area contributed by atoms with Gasteiger partial charge < -0.3 is 9.68 Å². The number of hydroxylamine groups is 4. The first-order valence-corrected chi connectivity index (χ1v) is 5.76. The molecule has 0 aromatic rings. The Hall–Kier alpha value is -2.71. The highest BCUT2D eigenvalue weighted by atomic mass is 16.7. The maximum absolute atomic E-state index is 11.3. The van der Waals surface area contributed by atoms with Gasteiger partial charge in [0.2, 0.25) is 0 Å². The molecular weight excluding hydrogens is 272 g/mol. The summed E-state index contributed by atoms with van der Waals surface area (Å²) < 4.78 is 0. The molecule has 4 amide bonds. The molecule has 0 radical (unpaired) electrons. The summed E-state index contributed by atoms with van der Waals surface area (Å²) in [4.78, 5) is 65.1. The fourth-order valence-electron chi connectivity index (χ4n) is 1.60. The first-order chi connectivity index (χ1) is 9.49. The van der Waals surface area contributed by atoms with Crippen LogP contribution in [0.15, 0.2) is 12.3 Å². The Labute approximate surface area is 112 Å². The first kappa shape index (κ1) is 13.7. The van der Waals surface area contributed by atoms with Crippen molar-refractivity contribution in [1.29, 1.82) is 0 Å². The molecule has 0 N–H and O–H groups in total. The van der Waals surface area contributed by atoms with Gasteiger partial charge >= 0.3 is 5.97 Å². The molecule has 0 bridgehead atoms. The van der Waals surface area contributed by atoms with Gasteiger partial charge in [0.25, 0.3) is 23.6 Å². The first-order valence-electron chi connectivity index (χ1n) is 5.76. The van der Waals surface area contributed by atoms with E-state index in [0.717, 1.165) is 12.3 Å².